The number of likely N-dealkylation sites (tertiary alicyclic amines) is 2. The van der Waals surface area contributed by atoms with Gasteiger partial charge in [-0.3, -0.25) is 4.79 Å². The zero-order valence-corrected chi connectivity index (χ0v) is 14.9. The maximum absolute atomic E-state index is 12.9. The number of nitrogens with two attached hydrogens (primary N) is 1. The van der Waals surface area contributed by atoms with Gasteiger partial charge in [-0.2, -0.15) is 0 Å². The minimum absolute atomic E-state index is 0.215. The lowest BCUT2D eigenvalue weighted by molar-refractivity contribution is -0.138. The Kier molecular flexibility index (Phi) is 5.97. The number of carbonyl (C=O) groups excluding carboxylic acids is 1. The van der Waals surface area contributed by atoms with Gasteiger partial charge in [0.15, 0.2) is 0 Å². The standard InChI is InChI=1S/C19H35N3O/c1-15-6-2-3-10-21(15)13-16-7-5-11-22(14-16)19(23)18-9-4-8-17(18)12-20/h15-18H,2-14,20H2,1H3/t15?,16?,17-,18-/m1/s1. The molecule has 4 heteroatoms. The van der Waals surface area contributed by atoms with E-state index in [4.69, 9.17) is 5.73 Å². The second-order valence-corrected chi connectivity index (χ2v) is 8.17. The Bertz CT molecular complexity index is 400. The fourth-order valence-corrected chi connectivity index (χ4v) is 5.05. The number of hydrogen-bond acceptors (Lipinski definition) is 3. The molecule has 0 aromatic heterocycles. The van der Waals surface area contributed by atoms with Crippen LogP contribution in [0.15, 0.2) is 0 Å². The van der Waals surface area contributed by atoms with Gasteiger partial charge in [-0.05, 0) is 70.4 Å². The molecule has 2 heterocycles. The van der Waals surface area contributed by atoms with E-state index in [2.05, 4.69) is 16.7 Å². The Labute approximate surface area is 141 Å². The summed E-state index contributed by atoms with van der Waals surface area (Å²) < 4.78 is 0. The van der Waals surface area contributed by atoms with Crippen molar-refractivity contribution in [2.24, 2.45) is 23.5 Å². The summed E-state index contributed by atoms with van der Waals surface area (Å²) in [6, 6.07) is 0.728. The highest BCUT2D eigenvalue weighted by Crippen LogP contribution is 2.33. The molecule has 4 atom stereocenters. The first-order valence-corrected chi connectivity index (χ1v) is 9.92. The van der Waals surface area contributed by atoms with Gasteiger partial charge in [0, 0.05) is 31.6 Å². The number of hydrogen-bond donors (Lipinski definition) is 1. The zero-order valence-electron chi connectivity index (χ0n) is 14.9. The molecule has 0 aromatic carbocycles. The first-order chi connectivity index (χ1) is 11.2. The van der Waals surface area contributed by atoms with Crippen LogP contribution in [0, 0.1) is 17.8 Å². The summed E-state index contributed by atoms with van der Waals surface area (Å²) in [5.41, 5.74) is 5.88. The predicted molar refractivity (Wildman–Crippen MR) is 94.1 cm³/mol. The summed E-state index contributed by atoms with van der Waals surface area (Å²) in [4.78, 5) is 17.8. The van der Waals surface area contributed by atoms with Crippen molar-refractivity contribution in [3.05, 3.63) is 0 Å². The highest BCUT2D eigenvalue weighted by molar-refractivity contribution is 5.79. The Morgan fingerprint density at radius 3 is 2.70 bits per heavy atom. The summed E-state index contributed by atoms with van der Waals surface area (Å²) in [5, 5.41) is 0. The molecule has 0 radical (unpaired) electrons. The lowest BCUT2D eigenvalue weighted by Gasteiger charge is -2.40. The summed E-state index contributed by atoms with van der Waals surface area (Å²) in [6.07, 6.45) is 9.93. The molecule has 3 rings (SSSR count). The van der Waals surface area contributed by atoms with Crippen LogP contribution in [0.3, 0.4) is 0 Å². The first kappa shape index (κ1) is 17.2. The fraction of sp³-hybridized carbons (Fsp3) is 0.947. The third kappa shape index (κ3) is 4.08. The van der Waals surface area contributed by atoms with Gasteiger partial charge in [0.2, 0.25) is 5.91 Å². The summed E-state index contributed by atoms with van der Waals surface area (Å²) in [7, 11) is 0. The second kappa shape index (κ2) is 7.98. The summed E-state index contributed by atoms with van der Waals surface area (Å²) in [5.74, 6) is 1.73. The fourth-order valence-electron chi connectivity index (χ4n) is 5.05. The van der Waals surface area contributed by atoms with Gasteiger partial charge in [0.25, 0.3) is 0 Å². The molecular formula is C19H35N3O. The summed E-state index contributed by atoms with van der Waals surface area (Å²) >= 11 is 0. The Hall–Kier alpha value is -0.610. The molecule has 3 fully saturated rings. The number of nitrogens with zero attached hydrogens (tertiary/aromatic N) is 2. The minimum atomic E-state index is 0.215. The predicted octanol–water partition coefficient (Wildman–Crippen LogP) is 2.47. The van der Waals surface area contributed by atoms with Crippen molar-refractivity contribution in [3.8, 4) is 0 Å². The SMILES string of the molecule is CC1CCCCN1CC1CCCN(C(=O)[C@@H]2CCC[C@@H]2CN)C1. The van der Waals surface area contributed by atoms with E-state index in [9.17, 15) is 4.79 Å². The molecule has 4 nitrogen and oxygen atoms in total. The molecule has 1 aliphatic carbocycles. The normalized spacial score (nSPS) is 36.3. The van der Waals surface area contributed by atoms with Gasteiger partial charge < -0.3 is 15.5 Å². The number of rotatable bonds is 4. The number of carbonyl (C=O) groups is 1. The van der Waals surface area contributed by atoms with Crippen molar-refractivity contribution in [1.29, 1.82) is 0 Å². The third-order valence-corrected chi connectivity index (χ3v) is 6.54. The van der Waals surface area contributed by atoms with E-state index in [1.54, 1.807) is 0 Å². The second-order valence-electron chi connectivity index (χ2n) is 8.17. The molecule has 2 saturated heterocycles. The van der Waals surface area contributed by atoms with E-state index in [1.165, 1.54) is 51.6 Å². The van der Waals surface area contributed by atoms with Crippen LogP contribution < -0.4 is 5.73 Å². The molecule has 2 unspecified atom stereocenters. The topological polar surface area (TPSA) is 49.6 Å². The van der Waals surface area contributed by atoms with Crippen LogP contribution in [0.1, 0.15) is 58.3 Å². The zero-order chi connectivity index (χ0) is 16.2. The monoisotopic (exact) mass is 321 g/mol. The number of amides is 1. The van der Waals surface area contributed by atoms with Gasteiger partial charge in [-0.15, -0.1) is 0 Å². The largest absolute Gasteiger partial charge is 0.342 e. The smallest absolute Gasteiger partial charge is 0.226 e. The van der Waals surface area contributed by atoms with Crippen molar-refractivity contribution in [1.82, 2.24) is 9.80 Å². The van der Waals surface area contributed by atoms with Crippen molar-refractivity contribution in [2.45, 2.75) is 64.3 Å². The Balaban J connectivity index is 1.54. The average Bonchev–Trinajstić information content (AvgIpc) is 3.05. The minimum Gasteiger partial charge on any atom is -0.342 e. The highest BCUT2D eigenvalue weighted by Gasteiger charge is 2.36. The number of piperidine rings is 2. The molecule has 0 bridgehead atoms. The van der Waals surface area contributed by atoms with Gasteiger partial charge in [0.05, 0.1) is 0 Å². The van der Waals surface area contributed by atoms with Crippen LogP contribution >= 0.6 is 0 Å². The first-order valence-electron chi connectivity index (χ1n) is 9.92. The van der Waals surface area contributed by atoms with E-state index in [0.717, 1.165) is 32.0 Å². The molecule has 1 saturated carbocycles. The highest BCUT2D eigenvalue weighted by atomic mass is 16.2. The lowest BCUT2D eigenvalue weighted by atomic mass is 9.91. The van der Waals surface area contributed by atoms with Crippen molar-refractivity contribution in [3.63, 3.8) is 0 Å². The van der Waals surface area contributed by atoms with Crippen LogP contribution in [0.2, 0.25) is 0 Å². The van der Waals surface area contributed by atoms with Gasteiger partial charge >= 0.3 is 0 Å². The van der Waals surface area contributed by atoms with E-state index in [0.29, 0.717) is 24.3 Å². The summed E-state index contributed by atoms with van der Waals surface area (Å²) in [6.45, 7) is 7.45. The molecule has 2 aliphatic heterocycles. The maximum Gasteiger partial charge on any atom is 0.226 e. The van der Waals surface area contributed by atoms with Crippen LogP contribution in [0.25, 0.3) is 0 Å². The van der Waals surface area contributed by atoms with E-state index >= 15 is 0 Å². The van der Waals surface area contributed by atoms with E-state index < -0.39 is 0 Å². The molecule has 2 N–H and O–H groups in total. The van der Waals surface area contributed by atoms with E-state index in [-0.39, 0.29) is 5.92 Å². The molecule has 0 aromatic rings. The Morgan fingerprint density at radius 2 is 1.91 bits per heavy atom. The molecule has 0 spiro atoms. The average molecular weight is 322 g/mol. The lowest BCUT2D eigenvalue weighted by Crippen LogP contribution is -2.48. The van der Waals surface area contributed by atoms with Crippen LogP contribution in [0.5, 0.6) is 0 Å². The van der Waals surface area contributed by atoms with Crippen LogP contribution in [-0.4, -0.2) is 54.5 Å². The van der Waals surface area contributed by atoms with Gasteiger partial charge in [-0.25, -0.2) is 0 Å². The van der Waals surface area contributed by atoms with E-state index in [1.807, 2.05) is 0 Å². The molecule has 23 heavy (non-hydrogen) atoms. The van der Waals surface area contributed by atoms with Crippen LogP contribution in [0.4, 0.5) is 0 Å². The maximum atomic E-state index is 12.9. The van der Waals surface area contributed by atoms with Crippen molar-refractivity contribution >= 4 is 5.91 Å². The van der Waals surface area contributed by atoms with Gasteiger partial charge in [-0.1, -0.05) is 12.8 Å². The van der Waals surface area contributed by atoms with Crippen molar-refractivity contribution in [2.75, 3.05) is 32.7 Å². The molecule has 1 amide bonds. The van der Waals surface area contributed by atoms with Gasteiger partial charge in [0.1, 0.15) is 0 Å². The Morgan fingerprint density at radius 1 is 1.04 bits per heavy atom. The molecular weight excluding hydrogens is 286 g/mol. The van der Waals surface area contributed by atoms with Crippen LogP contribution in [-0.2, 0) is 4.79 Å². The quantitative estimate of drug-likeness (QED) is 0.865. The molecule has 132 valence electrons. The molecule has 3 aliphatic rings. The third-order valence-electron chi connectivity index (χ3n) is 6.54. The van der Waals surface area contributed by atoms with Crippen molar-refractivity contribution < 1.29 is 4.79 Å².